The molecule has 0 unspecified atom stereocenters. The van der Waals surface area contributed by atoms with Crippen LogP contribution in [0.3, 0.4) is 0 Å². The van der Waals surface area contributed by atoms with Crippen molar-refractivity contribution in [1.29, 1.82) is 0 Å². The Morgan fingerprint density at radius 1 is 1.40 bits per heavy atom. The smallest absolute Gasteiger partial charge is 0.273 e. The number of carbonyl (C=O) groups is 1. The molecule has 0 aliphatic carbocycles. The van der Waals surface area contributed by atoms with Crippen LogP contribution in [0.25, 0.3) is 0 Å². The van der Waals surface area contributed by atoms with Gasteiger partial charge in [0.05, 0.1) is 11.4 Å². The lowest BCUT2D eigenvalue weighted by Gasteiger charge is -2.04. The molecule has 0 bridgehead atoms. The molecule has 0 aromatic carbocycles. The lowest BCUT2D eigenvalue weighted by Crippen LogP contribution is -2.26. The zero-order chi connectivity index (χ0) is 14.5. The number of rotatable bonds is 6. The molecule has 2 aromatic heterocycles. The van der Waals surface area contributed by atoms with Crippen LogP contribution in [-0.2, 0) is 13.1 Å². The SMILES string of the molecule is CCn1cc(N)c(C(=O)NCCCn2ccc(C)n2)n1. The summed E-state index contributed by atoms with van der Waals surface area (Å²) >= 11 is 0. The molecule has 7 heteroatoms. The second-order valence-electron chi connectivity index (χ2n) is 4.62. The minimum Gasteiger partial charge on any atom is -0.396 e. The highest BCUT2D eigenvalue weighted by atomic mass is 16.1. The number of amides is 1. The van der Waals surface area contributed by atoms with Gasteiger partial charge in [-0.2, -0.15) is 10.2 Å². The summed E-state index contributed by atoms with van der Waals surface area (Å²) in [7, 11) is 0. The van der Waals surface area contributed by atoms with Crippen molar-refractivity contribution in [3.63, 3.8) is 0 Å². The molecule has 0 atom stereocenters. The van der Waals surface area contributed by atoms with E-state index in [0.29, 0.717) is 24.5 Å². The van der Waals surface area contributed by atoms with Crippen LogP contribution >= 0.6 is 0 Å². The number of nitrogens with zero attached hydrogens (tertiary/aromatic N) is 4. The average molecular weight is 276 g/mol. The molecule has 20 heavy (non-hydrogen) atoms. The van der Waals surface area contributed by atoms with Gasteiger partial charge in [0.15, 0.2) is 5.69 Å². The minimum atomic E-state index is -0.230. The standard InChI is InChI=1S/C13H20N6O/c1-3-18-9-11(14)12(17-18)13(20)15-6-4-7-19-8-5-10(2)16-19/h5,8-9H,3-4,6-7,14H2,1-2H3,(H,15,20). The van der Waals surface area contributed by atoms with Gasteiger partial charge < -0.3 is 11.1 Å². The molecule has 0 aliphatic rings. The largest absolute Gasteiger partial charge is 0.396 e. The molecule has 0 fully saturated rings. The number of nitrogens with one attached hydrogen (secondary N) is 1. The third-order valence-electron chi connectivity index (χ3n) is 2.95. The first-order valence-electron chi connectivity index (χ1n) is 6.71. The molecular weight excluding hydrogens is 256 g/mol. The Balaban J connectivity index is 1.78. The highest BCUT2D eigenvalue weighted by Crippen LogP contribution is 2.08. The lowest BCUT2D eigenvalue weighted by atomic mass is 10.3. The van der Waals surface area contributed by atoms with E-state index < -0.39 is 0 Å². The van der Waals surface area contributed by atoms with E-state index in [1.807, 2.05) is 30.8 Å². The van der Waals surface area contributed by atoms with Crippen LogP contribution in [0.2, 0.25) is 0 Å². The summed E-state index contributed by atoms with van der Waals surface area (Å²) in [5, 5.41) is 11.2. The summed E-state index contributed by atoms with van der Waals surface area (Å²) in [6, 6.07) is 1.96. The minimum absolute atomic E-state index is 0.230. The molecule has 108 valence electrons. The number of hydrogen-bond donors (Lipinski definition) is 2. The number of aryl methyl sites for hydroxylation is 3. The van der Waals surface area contributed by atoms with Gasteiger partial charge in [-0.15, -0.1) is 0 Å². The maximum absolute atomic E-state index is 11.9. The normalized spacial score (nSPS) is 10.7. The van der Waals surface area contributed by atoms with Gasteiger partial charge in [0.25, 0.3) is 5.91 Å². The van der Waals surface area contributed by atoms with E-state index >= 15 is 0 Å². The summed E-state index contributed by atoms with van der Waals surface area (Å²) in [5.41, 5.74) is 7.45. The molecule has 2 aromatic rings. The summed E-state index contributed by atoms with van der Waals surface area (Å²) in [5.74, 6) is -0.230. The van der Waals surface area contributed by atoms with Gasteiger partial charge in [0, 0.05) is 32.0 Å². The predicted molar refractivity (Wildman–Crippen MR) is 76.2 cm³/mol. The van der Waals surface area contributed by atoms with Crippen molar-refractivity contribution in [2.75, 3.05) is 12.3 Å². The Morgan fingerprint density at radius 2 is 2.20 bits per heavy atom. The highest BCUT2D eigenvalue weighted by molar-refractivity contribution is 5.96. The molecule has 3 N–H and O–H groups in total. The summed E-state index contributed by atoms with van der Waals surface area (Å²) in [4.78, 5) is 11.9. The number of carbonyl (C=O) groups excluding carboxylic acids is 1. The van der Waals surface area contributed by atoms with Gasteiger partial charge in [-0.25, -0.2) is 0 Å². The topological polar surface area (TPSA) is 90.8 Å². The van der Waals surface area contributed by atoms with Gasteiger partial charge in [0.1, 0.15) is 0 Å². The van der Waals surface area contributed by atoms with Crippen molar-refractivity contribution < 1.29 is 4.79 Å². The number of hydrogen-bond acceptors (Lipinski definition) is 4. The van der Waals surface area contributed by atoms with E-state index in [1.54, 1.807) is 10.9 Å². The molecule has 0 aliphatic heterocycles. The fraction of sp³-hybridized carbons (Fsp3) is 0.462. The van der Waals surface area contributed by atoms with Crippen LogP contribution in [0.5, 0.6) is 0 Å². The summed E-state index contributed by atoms with van der Waals surface area (Å²) in [6.45, 7) is 5.92. The Bertz CT molecular complexity index is 585. The monoisotopic (exact) mass is 276 g/mol. The molecule has 0 saturated carbocycles. The lowest BCUT2D eigenvalue weighted by molar-refractivity contribution is 0.0947. The van der Waals surface area contributed by atoms with Crippen LogP contribution < -0.4 is 11.1 Å². The fourth-order valence-electron chi connectivity index (χ4n) is 1.89. The number of nitrogens with two attached hydrogens (primary N) is 1. The summed E-state index contributed by atoms with van der Waals surface area (Å²) in [6.07, 6.45) is 4.40. The predicted octanol–water partition coefficient (Wildman–Crippen LogP) is 0.810. The van der Waals surface area contributed by atoms with Crippen LogP contribution in [0.4, 0.5) is 5.69 Å². The second-order valence-corrected chi connectivity index (χ2v) is 4.62. The van der Waals surface area contributed by atoms with Crippen molar-refractivity contribution in [2.24, 2.45) is 0 Å². The van der Waals surface area contributed by atoms with E-state index in [1.165, 1.54) is 0 Å². The van der Waals surface area contributed by atoms with Gasteiger partial charge in [0.2, 0.25) is 0 Å². The van der Waals surface area contributed by atoms with E-state index in [9.17, 15) is 4.79 Å². The first kappa shape index (κ1) is 14.1. The van der Waals surface area contributed by atoms with Crippen LogP contribution in [0, 0.1) is 6.92 Å². The first-order chi connectivity index (χ1) is 9.60. The third kappa shape index (κ3) is 3.37. The Hall–Kier alpha value is -2.31. The van der Waals surface area contributed by atoms with Gasteiger partial charge in [-0.1, -0.05) is 0 Å². The fourth-order valence-corrected chi connectivity index (χ4v) is 1.89. The number of anilines is 1. The second kappa shape index (κ2) is 6.23. The van der Waals surface area contributed by atoms with E-state index in [4.69, 9.17) is 5.73 Å². The van der Waals surface area contributed by atoms with E-state index in [-0.39, 0.29) is 5.91 Å². The first-order valence-corrected chi connectivity index (χ1v) is 6.71. The maximum Gasteiger partial charge on any atom is 0.273 e. The highest BCUT2D eigenvalue weighted by Gasteiger charge is 2.13. The third-order valence-corrected chi connectivity index (χ3v) is 2.95. The van der Waals surface area contributed by atoms with Crippen molar-refractivity contribution in [3.8, 4) is 0 Å². The number of aromatic nitrogens is 4. The molecule has 2 heterocycles. The molecule has 0 radical (unpaired) electrons. The van der Waals surface area contributed by atoms with Crippen molar-refractivity contribution >= 4 is 11.6 Å². The van der Waals surface area contributed by atoms with Crippen LogP contribution in [0.15, 0.2) is 18.5 Å². The van der Waals surface area contributed by atoms with Gasteiger partial charge >= 0.3 is 0 Å². The summed E-state index contributed by atoms with van der Waals surface area (Å²) < 4.78 is 3.51. The zero-order valence-electron chi connectivity index (χ0n) is 11.8. The van der Waals surface area contributed by atoms with Gasteiger partial charge in [-0.3, -0.25) is 14.2 Å². The molecule has 7 nitrogen and oxygen atoms in total. The zero-order valence-corrected chi connectivity index (χ0v) is 11.8. The quantitative estimate of drug-likeness (QED) is 0.764. The number of nitrogen functional groups attached to an aromatic ring is 1. The van der Waals surface area contributed by atoms with Crippen molar-refractivity contribution in [2.45, 2.75) is 33.4 Å². The van der Waals surface area contributed by atoms with Crippen molar-refractivity contribution in [1.82, 2.24) is 24.9 Å². The molecule has 0 saturated heterocycles. The molecule has 2 rings (SSSR count). The van der Waals surface area contributed by atoms with Crippen molar-refractivity contribution in [3.05, 3.63) is 29.8 Å². The molecule has 0 spiro atoms. The van der Waals surface area contributed by atoms with E-state index in [2.05, 4.69) is 15.5 Å². The maximum atomic E-state index is 11.9. The van der Waals surface area contributed by atoms with Crippen LogP contribution in [-0.4, -0.2) is 32.0 Å². The Labute approximate surface area is 117 Å². The van der Waals surface area contributed by atoms with E-state index in [0.717, 1.165) is 18.7 Å². The van der Waals surface area contributed by atoms with Gasteiger partial charge in [-0.05, 0) is 26.3 Å². The molecular formula is C13H20N6O. The average Bonchev–Trinajstić information content (AvgIpc) is 3.00. The molecule has 1 amide bonds. The Kier molecular flexibility index (Phi) is 4.39. The van der Waals surface area contributed by atoms with Crippen LogP contribution in [0.1, 0.15) is 29.5 Å². The Morgan fingerprint density at radius 3 is 2.80 bits per heavy atom.